The molecule has 0 unspecified atom stereocenters. The molecule has 0 aliphatic carbocycles. The maximum absolute atomic E-state index is 13.9. The van der Waals surface area contributed by atoms with E-state index < -0.39 is 0 Å². The average Bonchev–Trinajstić information content (AvgIpc) is 2.49. The van der Waals surface area contributed by atoms with Crippen molar-refractivity contribution in [2.45, 2.75) is 13.3 Å². The first-order valence-corrected chi connectivity index (χ1v) is 6.61. The molecule has 2 nitrogen and oxygen atoms in total. The maximum atomic E-state index is 13.9. The lowest BCUT2D eigenvalue weighted by molar-refractivity contribution is 0.639. The summed E-state index contributed by atoms with van der Waals surface area (Å²) in [4.78, 5) is 12.7. The molecule has 0 atom stereocenters. The van der Waals surface area contributed by atoms with Crippen LogP contribution < -0.4 is 5.56 Å². The van der Waals surface area contributed by atoms with E-state index in [2.05, 4.69) is 0 Å². The summed E-state index contributed by atoms with van der Waals surface area (Å²) in [6, 6.07) is 15.8. The van der Waals surface area contributed by atoms with Crippen LogP contribution in [0.5, 0.6) is 0 Å². The van der Waals surface area contributed by atoms with Crippen LogP contribution >= 0.6 is 0 Å². The Morgan fingerprint density at radius 2 is 1.75 bits per heavy atom. The molecule has 0 amide bonds. The third-order valence-electron chi connectivity index (χ3n) is 3.46. The van der Waals surface area contributed by atoms with Crippen molar-refractivity contribution < 1.29 is 4.39 Å². The van der Waals surface area contributed by atoms with Crippen LogP contribution in [-0.2, 0) is 6.42 Å². The van der Waals surface area contributed by atoms with Crippen LogP contribution in [0.25, 0.3) is 16.5 Å². The smallest absolute Gasteiger partial charge is 0.263 e. The molecule has 0 aliphatic rings. The lowest BCUT2D eigenvalue weighted by Gasteiger charge is -2.13. The fraction of sp³-hybridized carbons (Fsp3) is 0.118. The molecule has 1 aromatic heterocycles. The van der Waals surface area contributed by atoms with Gasteiger partial charge >= 0.3 is 0 Å². The van der Waals surface area contributed by atoms with E-state index in [-0.39, 0.29) is 11.4 Å². The summed E-state index contributed by atoms with van der Waals surface area (Å²) < 4.78 is 15.5. The molecule has 0 bridgehead atoms. The topological polar surface area (TPSA) is 22.0 Å². The van der Waals surface area contributed by atoms with Gasteiger partial charge in [-0.25, -0.2) is 4.39 Å². The van der Waals surface area contributed by atoms with Crippen LogP contribution in [0.3, 0.4) is 0 Å². The van der Waals surface area contributed by atoms with Crippen molar-refractivity contribution >= 4 is 10.8 Å². The Bertz CT molecular complexity index is 822. The first-order chi connectivity index (χ1) is 9.72. The van der Waals surface area contributed by atoms with Crippen molar-refractivity contribution in [1.82, 2.24) is 4.57 Å². The number of aryl methyl sites for hydroxylation is 1. The zero-order valence-corrected chi connectivity index (χ0v) is 11.1. The standard InChI is InChI=1S/C17H14FNO/c1-2-12-11-15-14(9-6-10-16(15)18)17(20)19(12)13-7-4-3-5-8-13/h3-11H,2H2,1H3. The average molecular weight is 267 g/mol. The highest BCUT2D eigenvalue weighted by Gasteiger charge is 2.11. The number of pyridine rings is 1. The summed E-state index contributed by atoms with van der Waals surface area (Å²) >= 11 is 0. The van der Waals surface area contributed by atoms with Gasteiger partial charge in [-0.1, -0.05) is 31.2 Å². The quantitative estimate of drug-likeness (QED) is 0.694. The maximum Gasteiger partial charge on any atom is 0.263 e. The monoisotopic (exact) mass is 267 g/mol. The lowest BCUT2D eigenvalue weighted by Crippen LogP contribution is -2.22. The number of para-hydroxylation sites is 1. The van der Waals surface area contributed by atoms with Gasteiger partial charge in [0.15, 0.2) is 0 Å². The minimum atomic E-state index is -0.352. The van der Waals surface area contributed by atoms with E-state index in [1.165, 1.54) is 6.07 Å². The summed E-state index contributed by atoms with van der Waals surface area (Å²) in [5.41, 5.74) is 1.43. The van der Waals surface area contributed by atoms with Crippen LogP contribution in [0, 0.1) is 5.82 Å². The number of hydrogen-bond acceptors (Lipinski definition) is 1. The van der Waals surface area contributed by atoms with Gasteiger partial charge in [0.05, 0.1) is 5.39 Å². The SMILES string of the molecule is CCc1cc2c(F)cccc2c(=O)n1-c1ccccc1. The van der Waals surface area contributed by atoms with Gasteiger partial charge in [0.2, 0.25) is 0 Å². The Labute approximate surface area is 116 Å². The normalized spacial score (nSPS) is 10.9. The van der Waals surface area contributed by atoms with E-state index in [4.69, 9.17) is 0 Å². The lowest BCUT2D eigenvalue weighted by atomic mass is 10.1. The number of hydrogen-bond donors (Lipinski definition) is 0. The van der Waals surface area contributed by atoms with Crippen molar-refractivity contribution in [1.29, 1.82) is 0 Å². The molecular weight excluding hydrogens is 253 g/mol. The fourth-order valence-corrected chi connectivity index (χ4v) is 2.47. The summed E-state index contributed by atoms with van der Waals surface area (Å²) in [5, 5.41) is 0.799. The minimum absolute atomic E-state index is 0.176. The van der Waals surface area contributed by atoms with Gasteiger partial charge in [0.1, 0.15) is 5.82 Å². The molecule has 100 valence electrons. The Morgan fingerprint density at radius 1 is 1.00 bits per heavy atom. The number of fused-ring (bicyclic) bond motifs is 1. The van der Waals surface area contributed by atoms with Gasteiger partial charge < -0.3 is 0 Å². The molecule has 0 fully saturated rings. The highest BCUT2D eigenvalue weighted by Crippen LogP contribution is 2.19. The van der Waals surface area contributed by atoms with Crippen LogP contribution in [-0.4, -0.2) is 4.57 Å². The zero-order chi connectivity index (χ0) is 14.1. The van der Waals surface area contributed by atoms with E-state index in [9.17, 15) is 9.18 Å². The first-order valence-electron chi connectivity index (χ1n) is 6.61. The number of benzene rings is 2. The van der Waals surface area contributed by atoms with Crippen LogP contribution in [0.4, 0.5) is 4.39 Å². The molecule has 0 saturated carbocycles. The number of halogens is 1. The molecule has 3 heteroatoms. The highest BCUT2D eigenvalue weighted by molar-refractivity contribution is 5.83. The molecule has 1 heterocycles. The predicted octanol–water partition coefficient (Wildman–Crippen LogP) is 3.69. The molecule has 0 radical (unpaired) electrons. The Balaban J connectivity index is 2.44. The largest absolute Gasteiger partial charge is 0.281 e. The van der Waals surface area contributed by atoms with Gasteiger partial charge in [-0.15, -0.1) is 0 Å². The molecule has 2 aromatic carbocycles. The first kappa shape index (κ1) is 12.6. The third kappa shape index (κ3) is 1.92. The van der Waals surface area contributed by atoms with E-state index in [0.717, 1.165) is 11.4 Å². The molecule has 3 aromatic rings. The van der Waals surface area contributed by atoms with E-state index >= 15 is 0 Å². The molecule has 0 saturated heterocycles. The highest BCUT2D eigenvalue weighted by atomic mass is 19.1. The summed E-state index contributed by atoms with van der Waals surface area (Å²) in [6.07, 6.45) is 0.661. The van der Waals surface area contributed by atoms with Gasteiger partial charge in [-0.3, -0.25) is 9.36 Å². The second-order valence-electron chi connectivity index (χ2n) is 4.67. The van der Waals surface area contributed by atoms with Gasteiger partial charge in [0, 0.05) is 16.8 Å². The summed E-state index contributed by atoms with van der Waals surface area (Å²) in [5.74, 6) is -0.352. The third-order valence-corrected chi connectivity index (χ3v) is 3.46. The zero-order valence-electron chi connectivity index (χ0n) is 11.1. The number of aromatic nitrogens is 1. The van der Waals surface area contributed by atoms with E-state index in [0.29, 0.717) is 17.2 Å². The van der Waals surface area contributed by atoms with Gasteiger partial charge in [0.25, 0.3) is 5.56 Å². The van der Waals surface area contributed by atoms with Crippen molar-refractivity contribution in [3.63, 3.8) is 0 Å². The minimum Gasteiger partial charge on any atom is -0.281 e. The molecular formula is C17H14FNO. The fourth-order valence-electron chi connectivity index (χ4n) is 2.47. The van der Waals surface area contributed by atoms with E-state index in [1.54, 1.807) is 22.8 Å². The van der Waals surface area contributed by atoms with E-state index in [1.807, 2.05) is 37.3 Å². The van der Waals surface area contributed by atoms with Crippen LogP contribution in [0.15, 0.2) is 59.4 Å². The predicted molar refractivity (Wildman–Crippen MR) is 78.9 cm³/mol. The van der Waals surface area contributed by atoms with Gasteiger partial charge in [-0.05, 0) is 36.8 Å². The molecule has 0 N–H and O–H groups in total. The number of nitrogens with zero attached hydrogens (tertiary/aromatic N) is 1. The van der Waals surface area contributed by atoms with Gasteiger partial charge in [-0.2, -0.15) is 0 Å². The van der Waals surface area contributed by atoms with Crippen molar-refractivity contribution in [2.75, 3.05) is 0 Å². The molecule has 0 spiro atoms. The summed E-state index contributed by atoms with van der Waals surface area (Å²) in [7, 11) is 0. The molecule has 3 rings (SSSR count). The second-order valence-corrected chi connectivity index (χ2v) is 4.67. The summed E-state index contributed by atoms with van der Waals surface area (Å²) in [6.45, 7) is 1.96. The second kappa shape index (κ2) is 4.93. The molecule has 20 heavy (non-hydrogen) atoms. The van der Waals surface area contributed by atoms with Crippen molar-refractivity contribution in [3.05, 3.63) is 76.5 Å². The number of rotatable bonds is 2. The van der Waals surface area contributed by atoms with Crippen molar-refractivity contribution in [2.24, 2.45) is 0 Å². The van der Waals surface area contributed by atoms with Crippen LogP contribution in [0.2, 0.25) is 0 Å². The molecule has 0 aliphatic heterocycles. The Morgan fingerprint density at radius 3 is 2.45 bits per heavy atom. The Kier molecular flexibility index (Phi) is 3.11. The Hall–Kier alpha value is -2.42. The van der Waals surface area contributed by atoms with Crippen LogP contribution in [0.1, 0.15) is 12.6 Å². The van der Waals surface area contributed by atoms with Crippen molar-refractivity contribution in [3.8, 4) is 5.69 Å².